The van der Waals surface area contributed by atoms with Crippen LogP contribution in [0.25, 0.3) is 11.3 Å². The second-order valence-corrected chi connectivity index (χ2v) is 5.71. The summed E-state index contributed by atoms with van der Waals surface area (Å²) in [5.41, 5.74) is 2.76. The van der Waals surface area contributed by atoms with E-state index < -0.39 is 0 Å². The molecule has 0 aliphatic heterocycles. The Bertz CT molecular complexity index is 871. The monoisotopic (exact) mass is 336 g/mol. The minimum atomic E-state index is -0.0598. The van der Waals surface area contributed by atoms with E-state index in [1.54, 1.807) is 13.3 Å². The Morgan fingerprint density at radius 1 is 1.20 bits per heavy atom. The fourth-order valence-electron chi connectivity index (χ4n) is 2.48. The molecule has 1 amide bonds. The molecule has 0 unspecified atom stereocenters. The van der Waals surface area contributed by atoms with Crippen LogP contribution in [-0.4, -0.2) is 18.0 Å². The Hall–Kier alpha value is -3.08. The van der Waals surface area contributed by atoms with Crippen molar-refractivity contribution in [1.82, 2.24) is 4.98 Å². The summed E-state index contributed by atoms with van der Waals surface area (Å²) in [7, 11) is 1.62. The number of ether oxygens (including phenoxy) is 1. The summed E-state index contributed by atoms with van der Waals surface area (Å²) >= 11 is 0. The van der Waals surface area contributed by atoms with Gasteiger partial charge in [-0.25, -0.2) is 4.98 Å². The molecule has 1 aromatic heterocycles. The van der Waals surface area contributed by atoms with Gasteiger partial charge in [0.25, 0.3) is 0 Å². The van der Waals surface area contributed by atoms with E-state index in [9.17, 15) is 4.79 Å². The number of aryl methyl sites for hydroxylation is 2. The van der Waals surface area contributed by atoms with Gasteiger partial charge >= 0.3 is 0 Å². The lowest BCUT2D eigenvalue weighted by molar-refractivity contribution is -0.116. The Morgan fingerprint density at radius 2 is 2.04 bits per heavy atom. The van der Waals surface area contributed by atoms with Crippen molar-refractivity contribution in [3.8, 4) is 17.1 Å². The summed E-state index contributed by atoms with van der Waals surface area (Å²) in [5, 5.41) is 2.91. The van der Waals surface area contributed by atoms with E-state index in [0.29, 0.717) is 24.5 Å². The van der Waals surface area contributed by atoms with Crippen LogP contribution in [-0.2, 0) is 11.2 Å². The summed E-state index contributed by atoms with van der Waals surface area (Å²) in [6.07, 6.45) is 2.43. The number of carbonyl (C=O) groups is 1. The van der Waals surface area contributed by atoms with Crippen LogP contribution in [0.3, 0.4) is 0 Å². The molecule has 0 saturated heterocycles. The lowest BCUT2D eigenvalue weighted by Gasteiger charge is -2.07. The van der Waals surface area contributed by atoms with Gasteiger partial charge in [0.15, 0.2) is 11.7 Å². The molecule has 0 aliphatic carbocycles. The molecule has 128 valence electrons. The Morgan fingerprint density at radius 3 is 2.84 bits per heavy atom. The maximum atomic E-state index is 12.1. The minimum absolute atomic E-state index is 0.0598. The van der Waals surface area contributed by atoms with E-state index in [0.717, 1.165) is 22.6 Å². The molecule has 5 heteroatoms. The topological polar surface area (TPSA) is 64.4 Å². The van der Waals surface area contributed by atoms with Crippen molar-refractivity contribution in [2.24, 2.45) is 0 Å². The molecule has 3 rings (SSSR count). The molecule has 25 heavy (non-hydrogen) atoms. The average molecular weight is 336 g/mol. The van der Waals surface area contributed by atoms with Gasteiger partial charge in [0, 0.05) is 24.1 Å². The van der Waals surface area contributed by atoms with Gasteiger partial charge in [-0.05, 0) is 30.7 Å². The van der Waals surface area contributed by atoms with Crippen LogP contribution in [0.5, 0.6) is 5.75 Å². The fourth-order valence-corrected chi connectivity index (χ4v) is 2.48. The van der Waals surface area contributed by atoms with Gasteiger partial charge < -0.3 is 14.5 Å². The highest BCUT2D eigenvalue weighted by molar-refractivity contribution is 5.91. The molecule has 0 saturated carbocycles. The Balaban J connectivity index is 1.60. The molecule has 1 heterocycles. The third-order valence-electron chi connectivity index (χ3n) is 3.89. The lowest BCUT2D eigenvalue weighted by atomic mass is 10.2. The number of anilines is 1. The SMILES string of the molecule is COc1cccc(-c2cnc(CCC(=O)Nc3ccccc3C)o2)c1. The molecule has 0 bridgehead atoms. The predicted octanol–water partition coefficient (Wildman–Crippen LogP) is 4.23. The predicted molar refractivity (Wildman–Crippen MR) is 96.6 cm³/mol. The number of nitrogens with one attached hydrogen (secondary N) is 1. The molecule has 0 atom stereocenters. The molecule has 0 radical (unpaired) electrons. The second-order valence-electron chi connectivity index (χ2n) is 5.71. The molecule has 5 nitrogen and oxygen atoms in total. The first kappa shape index (κ1) is 16.8. The number of hydrogen-bond acceptors (Lipinski definition) is 4. The first-order chi connectivity index (χ1) is 12.2. The van der Waals surface area contributed by atoms with Crippen LogP contribution in [0.2, 0.25) is 0 Å². The first-order valence-corrected chi connectivity index (χ1v) is 8.10. The van der Waals surface area contributed by atoms with Gasteiger partial charge in [-0.2, -0.15) is 0 Å². The van der Waals surface area contributed by atoms with Crippen LogP contribution in [0.15, 0.2) is 59.1 Å². The van der Waals surface area contributed by atoms with Crippen molar-refractivity contribution in [2.75, 3.05) is 12.4 Å². The molecule has 1 N–H and O–H groups in total. The number of oxazole rings is 1. The number of aromatic nitrogens is 1. The van der Waals surface area contributed by atoms with Crippen molar-refractivity contribution < 1.29 is 13.9 Å². The van der Waals surface area contributed by atoms with Crippen LogP contribution in [0.1, 0.15) is 17.9 Å². The van der Waals surface area contributed by atoms with Crippen LogP contribution < -0.4 is 10.1 Å². The van der Waals surface area contributed by atoms with Crippen molar-refractivity contribution in [3.05, 3.63) is 66.2 Å². The zero-order valence-corrected chi connectivity index (χ0v) is 14.3. The van der Waals surface area contributed by atoms with Crippen molar-refractivity contribution in [2.45, 2.75) is 19.8 Å². The number of benzene rings is 2. The molecular formula is C20H20N2O3. The Labute approximate surface area is 146 Å². The average Bonchev–Trinajstić information content (AvgIpc) is 3.11. The quantitative estimate of drug-likeness (QED) is 0.731. The van der Waals surface area contributed by atoms with Gasteiger partial charge in [0.05, 0.1) is 13.3 Å². The smallest absolute Gasteiger partial charge is 0.224 e. The van der Waals surface area contributed by atoms with Gasteiger partial charge in [-0.15, -0.1) is 0 Å². The number of methoxy groups -OCH3 is 1. The summed E-state index contributed by atoms with van der Waals surface area (Å²) in [6.45, 7) is 1.96. The molecule has 0 aliphatic rings. The third-order valence-corrected chi connectivity index (χ3v) is 3.89. The third kappa shape index (κ3) is 4.26. The highest BCUT2D eigenvalue weighted by Gasteiger charge is 2.10. The van der Waals surface area contributed by atoms with E-state index >= 15 is 0 Å². The van der Waals surface area contributed by atoms with E-state index in [2.05, 4.69) is 10.3 Å². The zero-order valence-electron chi connectivity index (χ0n) is 14.3. The molecule has 2 aromatic carbocycles. The highest BCUT2D eigenvalue weighted by atomic mass is 16.5. The molecule has 0 spiro atoms. The minimum Gasteiger partial charge on any atom is -0.497 e. The molecule has 3 aromatic rings. The maximum Gasteiger partial charge on any atom is 0.224 e. The summed E-state index contributed by atoms with van der Waals surface area (Å²) in [5.74, 6) is 1.90. The summed E-state index contributed by atoms with van der Waals surface area (Å²) < 4.78 is 11.0. The van der Waals surface area contributed by atoms with E-state index in [1.807, 2.05) is 55.5 Å². The molecular weight excluding hydrogens is 316 g/mol. The van der Waals surface area contributed by atoms with Gasteiger partial charge in [-0.1, -0.05) is 30.3 Å². The van der Waals surface area contributed by atoms with Crippen LogP contribution >= 0.6 is 0 Å². The van der Waals surface area contributed by atoms with Gasteiger partial charge in [-0.3, -0.25) is 4.79 Å². The highest BCUT2D eigenvalue weighted by Crippen LogP contribution is 2.24. The van der Waals surface area contributed by atoms with Crippen LogP contribution in [0, 0.1) is 6.92 Å². The summed E-state index contributed by atoms with van der Waals surface area (Å²) in [6, 6.07) is 15.3. The number of amides is 1. The van der Waals surface area contributed by atoms with Crippen molar-refractivity contribution in [3.63, 3.8) is 0 Å². The number of rotatable bonds is 6. The van der Waals surface area contributed by atoms with Crippen molar-refractivity contribution >= 4 is 11.6 Å². The fraction of sp³-hybridized carbons (Fsp3) is 0.200. The number of hydrogen-bond donors (Lipinski definition) is 1. The molecule has 0 fully saturated rings. The number of carbonyl (C=O) groups excluding carboxylic acids is 1. The normalized spacial score (nSPS) is 10.5. The summed E-state index contributed by atoms with van der Waals surface area (Å²) in [4.78, 5) is 16.4. The Kier molecular flexibility index (Phi) is 5.14. The van der Waals surface area contributed by atoms with E-state index in [1.165, 1.54) is 0 Å². The standard InChI is InChI=1S/C20H20N2O3/c1-14-6-3-4-9-17(14)22-19(23)10-11-20-21-13-18(25-20)15-7-5-8-16(12-15)24-2/h3-9,12-13H,10-11H2,1-2H3,(H,22,23). The number of para-hydroxylation sites is 1. The van der Waals surface area contributed by atoms with Gasteiger partial charge in [0.1, 0.15) is 5.75 Å². The van der Waals surface area contributed by atoms with E-state index in [-0.39, 0.29) is 5.91 Å². The largest absolute Gasteiger partial charge is 0.497 e. The second kappa shape index (κ2) is 7.66. The van der Waals surface area contributed by atoms with Crippen molar-refractivity contribution in [1.29, 1.82) is 0 Å². The first-order valence-electron chi connectivity index (χ1n) is 8.10. The zero-order chi connectivity index (χ0) is 17.6. The maximum absolute atomic E-state index is 12.1. The lowest BCUT2D eigenvalue weighted by Crippen LogP contribution is -2.13. The van der Waals surface area contributed by atoms with Gasteiger partial charge in [0.2, 0.25) is 5.91 Å². The van der Waals surface area contributed by atoms with E-state index in [4.69, 9.17) is 9.15 Å². The van der Waals surface area contributed by atoms with Crippen LogP contribution in [0.4, 0.5) is 5.69 Å². The number of nitrogens with zero attached hydrogens (tertiary/aromatic N) is 1.